The summed E-state index contributed by atoms with van der Waals surface area (Å²) < 4.78 is 17.8. The largest absolute Gasteiger partial charge is 0.465 e. The second-order valence-electron chi connectivity index (χ2n) is 4.52. The Morgan fingerprint density at radius 2 is 2.00 bits per heavy atom. The first kappa shape index (κ1) is 15.5. The van der Waals surface area contributed by atoms with E-state index in [-0.39, 0.29) is 5.56 Å². The SMILES string of the molecule is CCCCCCCNc1ccc(F)cc1C(=O)OC. The van der Waals surface area contributed by atoms with Crippen LogP contribution in [-0.4, -0.2) is 19.6 Å². The summed E-state index contributed by atoms with van der Waals surface area (Å²) in [6.07, 6.45) is 5.90. The molecular formula is C15H22FNO2. The van der Waals surface area contributed by atoms with E-state index in [1.165, 1.54) is 38.5 Å². The van der Waals surface area contributed by atoms with Crippen molar-refractivity contribution in [2.24, 2.45) is 0 Å². The molecule has 1 aromatic carbocycles. The molecule has 0 unspecified atom stereocenters. The molecule has 3 nitrogen and oxygen atoms in total. The first-order valence-electron chi connectivity index (χ1n) is 6.80. The van der Waals surface area contributed by atoms with Crippen molar-refractivity contribution in [3.05, 3.63) is 29.6 Å². The number of hydrogen-bond acceptors (Lipinski definition) is 3. The molecule has 0 saturated carbocycles. The van der Waals surface area contributed by atoms with Crippen molar-refractivity contribution in [2.45, 2.75) is 39.0 Å². The Hall–Kier alpha value is -1.58. The van der Waals surface area contributed by atoms with Crippen molar-refractivity contribution < 1.29 is 13.9 Å². The van der Waals surface area contributed by atoms with E-state index in [4.69, 9.17) is 0 Å². The van der Waals surface area contributed by atoms with Gasteiger partial charge in [-0.3, -0.25) is 0 Å². The predicted octanol–water partition coefficient (Wildman–Crippen LogP) is 3.99. The van der Waals surface area contributed by atoms with E-state index in [2.05, 4.69) is 17.0 Å². The van der Waals surface area contributed by atoms with E-state index in [0.29, 0.717) is 5.69 Å². The van der Waals surface area contributed by atoms with Crippen LogP contribution in [0.15, 0.2) is 18.2 Å². The smallest absolute Gasteiger partial charge is 0.340 e. The molecule has 0 aliphatic heterocycles. The minimum absolute atomic E-state index is 0.246. The Bertz CT molecular complexity index is 407. The number of rotatable bonds is 8. The van der Waals surface area contributed by atoms with Crippen LogP contribution in [0.2, 0.25) is 0 Å². The van der Waals surface area contributed by atoms with Gasteiger partial charge in [-0.05, 0) is 24.6 Å². The van der Waals surface area contributed by atoms with Gasteiger partial charge in [0.2, 0.25) is 0 Å². The Labute approximate surface area is 114 Å². The molecule has 0 bridgehead atoms. The average Bonchev–Trinajstić information content (AvgIpc) is 2.43. The van der Waals surface area contributed by atoms with Crippen LogP contribution in [0.25, 0.3) is 0 Å². The molecule has 0 amide bonds. The highest BCUT2D eigenvalue weighted by Crippen LogP contribution is 2.18. The van der Waals surface area contributed by atoms with Crippen LogP contribution in [0.1, 0.15) is 49.4 Å². The Kier molecular flexibility index (Phi) is 6.93. The minimum atomic E-state index is -0.520. The highest BCUT2D eigenvalue weighted by atomic mass is 19.1. The summed E-state index contributed by atoms with van der Waals surface area (Å²) in [5.74, 6) is -0.957. The molecule has 0 atom stereocenters. The van der Waals surface area contributed by atoms with Gasteiger partial charge in [-0.15, -0.1) is 0 Å². The third kappa shape index (κ3) is 5.28. The van der Waals surface area contributed by atoms with Gasteiger partial charge in [0, 0.05) is 12.2 Å². The number of unbranched alkanes of at least 4 members (excludes halogenated alkanes) is 4. The highest BCUT2D eigenvalue weighted by molar-refractivity contribution is 5.95. The van der Waals surface area contributed by atoms with Gasteiger partial charge in [-0.2, -0.15) is 0 Å². The molecule has 0 saturated heterocycles. The van der Waals surface area contributed by atoms with Gasteiger partial charge >= 0.3 is 5.97 Å². The lowest BCUT2D eigenvalue weighted by Crippen LogP contribution is -2.09. The second kappa shape index (κ2) is 8.51. The fourth-order valence-corrected chi connectivity index (χ4v) is 1.90. The number of methoxy groups -OCH3 is 1. The third-order valence-corrected chi connectivity index (χ3v) is 2.98. The van der Waals surface area contributed by atoms with Crippen LogP contribution in [0.5, 0.6) is 0 Å². The lowest BCUT2D eigenvalue weighted by Gasteiger charge is -2.10. The van der Waals surface area contributed by atoms with Gasteiger partial charge < -0.3 is 10.1 Å². The minimum Gasteiger partial charge on any atom is -0.465 e. The predicted molar refractivity (Wildman–Crippen MR) is 75.0 cm³/mol. The highest BCUT2D eigenvalue weighted by Gasteiger charge is 2.12. The summed E-state index contributed by atoms with van der Waals surface area (Å²) in [5, 5.41) is 3.17. The summed E-state index contributed by atoms with van der Waals surface area (Å²) in [6.45, 7) is 2.96. The summed E-state index contributed by atoms with van der Waals surface area (Å²) in [6, 6.07) is 4.12. The van der Waals surface area contributed by atoms with Crippen molar-refractivity contribution in [2.75, 3.05) is 19.0 Å². The Morgan fingerprint density at radius 1 is 1.26 bits per heavy atom. The monoisotopic (exact) mass is 267 g/mol. The van der Waals surface area contributed by atoms with Crippen molar-refractivity contribution in [3.8, 4) is 0 Å². The normalized spacial score (nSPS) is 10.3. The number of halogens is 1. The van der Waals surface area contributed by atoms with Crippen molar-refractivity contribution in [1.82, 2.24) is 0 Å². The van der Waals surface area contributed by atoms with Crippen LogP contribution in [0.3, 0.4) is 0 Å². The standard InChI is InChI=1S/C15H22FNO2/c1-3-4-5-6-7-10-17-14-9-8-12(16)11-13(14)15(18)19-2/h8-9,11,17H,3-7,10H2,1-2H3. The summed E-state index contributed by atoms with van der Waals surface area (Å²) >= 11 is 0. The third-order valence-electron chi connectivity index (χ3n) is 2.98. The maximum atomic E-state index is 13.1. The number of anilines is 1. The Balaban J connectivity index is 2.50. The molecule has 4 heteroatoms. The molecule has 0 fully saturated rings. The molecule has 19 heavy (non-hydrogen) atoms. The fraction of sp³-hybridized carbons (Fsp3) is 0.533. The van der Waals surface area contributed by atoms with Gasteiger partial charge in [-0.1, -0.05) is 32.6 Å². The lowest BCUT2D eigenvalue weighted by atomic mass is 10.1. The van der Waals surface area contributed by atoms with Crippen molar-refractivity contribution in [1.29, 1.82) is 0 Å². The van der Waals surface area contributed by atoms with Crippen molar-refractivity contribution in [3.63, 3.8) is 0 Å². The number of benzene rings is 1. The first-order valence-corrected chi connectivity index (χ1v) is 6.80. The van der Waals surface area contributed by atoms with E-state index in [0.717, 1.165) is 19.4 Å². The molecule has 1 aromatic rings. The van der Waals surface area contributed by atoms with Gasteiger partial charge in [-0.25, -0.2) is 9.18 Å². The maximum absolute atomic E-state index is 13.1. The molecule has 0 radical (unpaired) electrons. The van der Waals surface area contributed by atoms with Crippen LogP contribution >= 0.6 is 0 Å². The zero-order chi connectivity index (χ0) is 14.1. The maximum Gasteiger partial charge on any atom is 0.340 e. The first-order chi connectivity index (χ1) is 9.19. The topological polar surface area (TPSA) is 38.3 Å². The van der Waals surface area contributed by atoms with E-state index in [9.17, 15) is 9.18 Å². The summed E-state index contributed by atoms with van der Waals surface area (Å²) in [7, 11) is 1.29. The average molecular weight is 267 g/mol. The quantitative estimate of drug-likeness (QED) is 0.571. The van der Waals surface area contributed by atoms with E-state index < -0.39 is 11.8 Å². The zero-order valence-corrected chi connectivity index (χ0v) is 11.7. The van der Waals surface area contributed by atoms with E-state index >= 15 is 0 Å². The van der Waals surface area contributed by atoms with Crippen LogP contribution < -0.4 is 5.32 Å². The molecule has 0 aromatic heterocycles. The molecule has 1 N–H and O–H groups in total. The number of nitrogens with one attached hydrogen (secondary N) is 1. The number of carbonyl (C=O) groups is 1. The van der Waals surface area contributed by atoms with Gasteiger partial charge in [0.15, 0.2) is 0 Å². The number of carbonyl (C=O) groups excluding carboxylic acids is 1. The van der Waals surface area contributed by atoms with E-state index in [1.54, 1.807) is 6.07 Å². The second-order valence-corrected chi connectivity index (χ2v) is 4.52. The fourth-order valence-electron chi connectivity index (χ4n) is 1.90. The summed E-state index contributed by atoms with van der Waals surface area (Å²) in [4.78, 5) is 11.5. The summed E-state index contributed by atoms with van der Waals surface area (Å²) in [5.41, 5.74) is 0.875. The lowest BCUT2D eigenvalue weighted by molar-refractivity contribution is 0.0601. The molecule has 0 aliphatic carbocycles. The van der Waals surface area contributed by atoms with Gasteiger partial charge in [0.1, 0.15) is 5.82 Å². The number of esters is 1. The van der Waals surface area contributed by atoms with Crippen LogP contribution in [-0.2, 0) is 4.74 Å². The van der Waals surface area contributed by atoms with Crippen molar-refractivity contribution >= 4 is 11.7 Å². The molecular weight excluding hydrogens is 245 g/mol. The number of ether oxygens (including phenoxy) is 1. The van der Waals surface area contributed by atoms with Gasteiger partial charge in [0.05, 0.1) is 12.7 Å². The molecule has 106 valence electrons. The zero-order valence-electron chi connectivity index (χ0n) is 11.7. The Morgan fingerprint density at radius 3 is 2.68 bits per heavy atom. The van der Waals surface area contributed by atoms with Crippen LogP contribution in [0.4, 0.5) is 10.1 Å². The molecule has 0 aliphatic rings. The van der Waals surface area contributed by atoms with E-state index in [1.807, 2.05) is 0 Å². The number of hydrogen-bond donors (Lipinski definition) is 1. The van der Waals surface area contributed by atoms with Crippen LogP contribution in [0, 0.1) is 5.82 Å². The van der Waals surface area contributed by atoms with Gasteiger partial charge in [0.25, 0.3) is 0 Å². The molecule has 1 rings (SSSR count). The molecule has 0 heterocycles. The molecule has 0 spiro atoms.